The van der Waals surface area contributed by atoms with E-state index in [0.29, 0.717) is 12.2 Å². The van der Waals surface area contributed by atoms with Gasteiger partial charge in [0.1, 0.15) is 5.75 Å². The zero-order chi connectivity index (χ0) is 17.6. The van der Waals surface area contributed by atoms with Crippen molar-refractivity contribution < 1.29 is 9.53 Å². The Hall–Kier alpha value is -2.95. The van der Waals surface area contributed by atoms with E-state index in [4.69, 9.17) is 9.72 Å². The van der Waals surface area contributed by atoms with Crippen LogP contribution in [0.25, 0.3) is 11.3 Å². The van der Waals surface area contributed by atoms with Crippen LogP contribution in [-0.4, -0.2) is 23.0 Å². The summed E-state index contributed by atoms with van der Waals surface area (Å²) in [7, 11) is 1.64. The molecule has 1 amide bonds. The topological polar surface area (TPSA) is 64.1 Å². The standard InChI is InChI=1S/C20H21N3O2/c1-14(24)22-20-18(12-15-6-4-3-5-7-15)23-19(13-21-20)16-8-10-17(25-2)11-9-16/h4,6-11,13H,3,5,12H2,1-2H3,(H,21,22,24). The third-order valence-corrected chi connectivity index (χ3v) is 3.97. The van der Waals surface area contributed by atoms with Crippen molar-refractivity contribution in [3.63, 3.8) is 0 Å². The van der Waals surface area contributed by atoms with Gasteiger partial charge < -0.3 is 10.1 Å². The molecule has 3 rings (SSSR count). The van der Waals surface area contributed by atoms with Crippen LogP contribution in [0, 0.1) is 0 Å². The summed E-state index contributed by atoms with van der Waals surface area (Å²) in [6.07, 6.45) is 10.9. The van der Waals surface area contributed by atoms with Gasteiger partial charge in [0.05, 0.1) is 24.7 Å². The van der Waals surface area contributed by atoms with Crippen molar-refractivity contribution in [2.75, 3.05) is 12.4 Å². The molecule has 0 atom stereocenters. The minimum atomic E-state index is -0.152. The lowest BCUT2D eigenvalue weighted by molar-refractivity contribution is -0.114. The fourth-order valence-electron chi connectivity index (χ4n) is 2.71. The highest BCUT2D eigenvalue weighted by atomic mass is 16.5. The zero-order valence-electron chi connectivity index (χ0n) is 14.5. The van der Waals surface area contributed by atoms with Gasteiger partial charge in [-0.25, -0.2) is 9.97 Å². The highest BCUT2D eigenvalue weighted by Crippen LogP contribution is 2.24. The average Bonchev–Trinajstić information content (AvgIpc) is 2.64. The molecule has 1 aliphatic rings. The van der Waals surface area contributed by atoms with Crippen LogP contribution in [0.2, 0.25) is 0 Å². The first-order chi connectivity index (χ1) is 12.2. The number of benzene rings is 1. The predicted octanol–water partition coefficient (Wildman–Crippen LogP) is 3.93. The SMILES string of the molecule is COc1ccc(-c2cnc(NC(C)=O)c(CC3=CCCC=C3)n2)cc1. The summed E-state index contributed by atoms with van der Waals surface area (Å²) in [4.78, 5) is 20.6. The summed E-state index contributed by atoms with van der Waals surface area (Å²) in [5.74, 6) is 1.16. The summed E-state index contributed by atoms with van der Waals surface area (Å²) >= 11 is 0. The molecule has 25 heavy (non-hydrogen) atoms. The number of carbonyl (C=O) groups excluding carboxylic acids is 1. The monoisotopic (exact) mass is 335 g/mol. The first kappa shape index (κ1) is 16.9. The van der Waals surface area contributed by atoms with E-state index < -0.39 is 0 Å². The van der Waals surface area contributed by atoms with Crippen LogP contribution in [0.5, 0.6) is 5.75 Å². The fourth-order valence-corrected chi connectivity index (χ4v) is 2.71. The lowest BCUT2D eigenvalue weighted by atomic mass is 10.0. The molecule has 0 spiro atoms. The summed E-state index contributed by atoms with van der Waals surface area (Å²) in [5, 5.41) is 2.78. The van der Waals surface area contributed by atoms with E-state index in [0.717, 1.165) is 35.5 Å². The van der Waals surface area contributed by atoms with Gasteiger partial charge in [-0.2, -0.15) is 0 Å². The second-order valence-electron chi connectivity index (χ2n) is 5.90. The summed E-state index contributed by atoms with van der Waals surface area (Å²) in [6, 6.07) is 7.69. The molecule has 128 valence electrons. The van der Waals surface area contributed by atoms with Gasteiger partial charge in [0.25, 0.3) is 0 Å². The van der Waals surface area contributed by atoms with Crippen molar-refractivity contribution in [2.45, 2.75) is 26.2 Å². The first-order valence-corrected chi connectivity index (χ1v) is 8.29. The molecule has 0 saturated carbocycles. The Balaban J connectivity index is 1.94. The molecule has 1 aromatic heterocycles. The molecule has 1 aromatic carbocycles. The molecule has 1 aliphatic carbocycles. The van der Waals surface area contributed by atoms with Crippen molar-refractivity contribution in [3.05, 3.63) is 60.0 Å². The number of ether oxygens (including phenoxy) is 1. The van der Waals surface area contributed by atoms with Crippen molar-refractivity contribution in [1.29, 1.82) is 0 Å². The van der Waals surface area contributed by atoms with Crippen LogP contribution in [0.3, 0.4) is 0 Å². The second kappa shape index (κ2) is 7.75. The highest BCUT2D eigenvalue weighted by Gasteiger charge is 2.12. The van der Waals surface area contributed by atoms with E-state index in [1.165, 1.54) is 12.5 Å². The number of carbonyl (C=O) groups is 1. The Bertz CT molecular complexity index is 823. The van der Waals surface area contributed by atoms with Crippen LogP contribution in [0.1, 0.15) is 25.5 Å². The Labute approximate surface area is 147 Å². The summed E-state index contributed by atoms with van der Waals surface area (Å²) < 4.78 is 5.19. The summed E-state index contributed by atoms with van der Waals surface area (Å²) in [5.41, 5.74) is 3.68. The smallest absolute Gasteiger partial charge is 0.222 e. The molecular formula is C20H21N3O2. The maximum absolute atomic E-state index is 11.5. The number of methoxy groups -OCH3 is 1. The second-order valence-corrected chi connectivity index (χ2v) is 5.90. The third kappa shape index (κ3) is 4.32. The maximum Gasteiger partial charge on any atom is 0.222 e. The van der Waals surface area contributed by atoms with Crippen molar-refractivity contribution in [3.8, 4) is 17.0 Å². The number of aromatic nitrogens is 2. The fraction of sp³-hybridized carbons (Fsp3) is 0.250. The number of nitrogens with one attached hydrogen (secondary N) is 1. The van der Waals surface area contributed by atoms with Crippen molar-refractivity contribution in [1.82, 2.24) is 9.97 Å². The van der Waals surface area contributed by atoms with Crippen LogP contribution in [0.15, 0.2) is 54.3 Å². The number of nitrogens with zero attached hydrogens (tertiary/aromatic N) is 2. The van der Waals surface area contributed by atoms with Crippen LogP contribution < -0.4 is 10.1 Å². The normalized spacial score (nSPS) is 13.3. The maximum atomic E-state index is 11.5. The van der Waals surface area contributed by atoms with Crippen molar-refractivity contribution in [2.24, 2.45) is 0 Å². The van der Waals surface area contributed by atoms with Gasteiger partial charge in [0, 0.05) is 18.9 Å². The minimum Gasteiger partial charge on any atom is -0.497 e. The van der Waals surface area contributed by atoms with E-state index in [-0.39, 0.29) is 5.91 Å². The molecule has 0 unspecified atom stereocenters. The minimum absolute atomic E-state index is 0.152. The number of allylic oxidation sites excluding steroid dienone is 4. The van der Waals surface area contributed by atoms with E-state index in [9.17, 15) is 4.79 Å². The van der Waals surface area contributed by atoms with Gasteiger partial charge in [-0.1, -0.05) is 18.2 Å². The number of anilines is 1. The molecule has 1 N–H and O–H groups in total. The number of rotatable bonds is 5. The van der Waals surface area contributed by atoms with Gasteiger partial charge in [0.2, 0.25) is 5.91 Å². The van der Waals surface area contributed by atoms with E-state index >= 15 is 0 Å². The average molecular weight is 335 g/mol. The molecule has 0 saturated heterocycles. The third-order valence-electron chi connectivity index (χ3n) is 3.97. The molecule has 0 radical (unpaired) electrons. The molecule has 0 aliphatic heterocycles. The quantitative estimate of drug-likeness (QED) is 0.899. The van der Waals surface area contributed by atoms with Gasteiger partial charge >= 0.3 is 0 Å². The largest absolute Gasteiger partial charge is 0.497 e. The lowest BCUT2D eigenvalue weighted by Gasteiger charge is -2.12. The van der Waals surface area contributed by atoms with Gasteiger partial charge in [-0.15, -0.1) is 0 Å². The first-order valence-electron chi connectivity index (χ1n) is 8.29. The molecule has 1 heterocycles. The lowest BCUT2D eigenvalue weighted by Crippen LogP contribution is -2.12. The Morgan fingerprint density at radius 3 is 2.68 bits per heavy atom. The Morgan fingerprint density at radius 2 is 2.04 bits per heavy atom. The van der Waals surface area contributed by atoms with Crippen LogP contribution in [-0.2, 0) is 11.2 Å². The van der Waals surface area contributed by atoms with Gasteiger partial charge in [0.15, 0.2) is 5.82 Å². The van der Waals surface area contributed by atoms with Crippen molar-refractivity contribution >= 4 is 11.7 Å². The Kier molecular flexibility index (Phi) is 5.23. The number of amides is 1. The number of hydrogen-bond donors (Lipinski definition) is 1. The van der Waals surface area contributed by atoms with E-state index in [1.807, 2.05) is 24.3 Å². The van der Waals surface area contributed by atoms with Crippen LogP contribution in [0.4, 0.5) is 5.82 Å². The van der Waals surface area contributed by atoms with Crippen LogP contribution >= 0.6 is 0 Å². The molecule has 5 nitrogen and oxygen atoms in total. The van der Waals surface area contributed by atoms with Gasteiger partial charge in [-0.05, 0) is 42.7 Å². The Morgan fingerprint density at radius 1 is 1.24 bits per heavy atom. The highest BCUT2D eigenvalue weighted by molar-refractivity contribution is 5.88. The molecule has 5 heteroatoms. The zero-order valence-corrected chi connectivity index (χ0v) is 14.5. The van der Waals surface area contributed by atoms with E-state index in [2.05, 4.69) is 28.5 Å². The van der Waals surface area contributed by atoms with E-state index in [1.54, 1.807) is 13.3 Å². The molecule has 0 fully saturated rings. The molecular weight excluding hydrogens is 314 g/mol. The number of hydrogen-bond acceptors (Lipinski definition) is 4. The summed E-state index contributed by atoms with van der Waals surface area (Å²) in [6.45, 7) is 1.47. The molecule has 2 aromatic rings. The van der Waals surface area contributed by atoms with Gasteiger partial charge in [-0.3, -0.25) is 4.79 Å². The predicted molar refractivity (Wildman–Crippen MR) is 98.5 cm³/mol. The molecule has 0 bridgehead atoms.